The molecule has 2 aromatic carbocycles. The lowest BCUT2D eigenvalue weighted by Crippen LogP contribution is -2.27. The molecule has 3 rings (SSSR count). The number of para-hydroxylation sites is 1. The summed E-state index contributed by atoms with van der Waals surface area (Å²) in [6.07, 6.45) is 0. The number of ether oxygens (including phenoxy) is 1. The lowest BCUT2D eigenvalue weighted by molar-refractivity contribution is 0.319. The number of azo groups is 1. The highest BCUT2D eigenvalue weighted by Gasteiger charge is 2.43. The molecule has 2 aromatic rings. The SMILES string of the molecule is COc1ccccc1N=NC[C@@H]1[C@H](C)c2ccccc2C1(C)C. The number of benzene rings is 2. The third-order valence-corrected chi connectivity index (χ3v) is 5.22. The van der Waals surface area contributed by atoms with E-state index in [1.54, 1.807) is 7.11 Å². The summed E-state index contributed by atoms with van der Waals surface area (Å²) in [4.78, 5) is 0. The summed E-state index contributed by atoms with van der Waals surface area (Å²) in [6, 6.07) is 16.5. The van der Waals surface area contributed by atoms with Crippen LogP contribution in [0.15, 0.2) is 58.8 Å². The maximum atomic E-state index is 5.33. The highest BCUT2D eigenvalue weighted by molar-refractivity contribution is 5.50. The minimum absolute atomic E-state index is 0.121. The zero-order valence-corrected chi connectivity index (χ0v) is 14.3. The summed E-state index contributed by atoms with van der Waals surface area (Å²) in [6.45, 7) is 7.66. The molecule has 0 fully saturated rings. The van der Waals surface area contributed by atoms with Crippen LogP contribution < -0.4 is 4.74 Å². The molecule has 1 aliphatic carbocycles. The topological polar surface area (TPSA) is 34.0 Å². The molecule has 0 saturated carbocycles. The van der Waals surface area contributed by atoms with Crippen LogP contribution in [0.5, 0.6) is 5.75 Å². The number of hydrogen-bond donors (Lipinski definition) is 0. The Morgan fingerprint density at radius 1 is 1.04 bits per heavy atom. The summed E-state index contributed by atoms with van der Waals surface area (Å²) in [5, 5.41) is 8.91. The molecule has 1 aliphatic rings. The Hall–Kier alpha value is -2.16. The van der Waals surface area contributed by atoms with Gasteiger partial charge in [0.15, 0.2) is 0 Å². The molecule has 0 unspecified atom stereocenters. The summed E-state index contributed by atoms with van der Waals surface area (Å²) in [5.41, 5.74) is 3.81. The summed E-state index contributed by atoms with van der Waals surface area (Å²) >= 11 is 0. The van der Waals surface area contributed by atoms with E-state index in [4.69, 9.17) is 4.74 Å². The smallest absolute Gasteiger partial charge is 0.146 e. The van der Waals surface area contributed by atoms with Crippen molar-refractivity contribution in [3.8, 4) is 5.75 Å². The zero-order valence-electron chi connectivity index (χ0n) is 14.3. The molecule has 0 aromatic heterocycles. The highest BCUT2D eigenvalue weighted by atomic mass is 16.5. The largest absolute Gasteiger partial charge is 0.494 e. The van der Waals surface area contributed by atoms with Crippen molar-refractivity contribution in [1.82, 2.24) is 0 Å². The lowest BCUT2D eigenvalue weighted by atomic mass is 9.76. The number of hydrogen-bond acceptors (Lipinski definition) is 3. The summed E-state index contributed by atoms with van der Waals surface area (Å²) in [7, 11) is 1.66. The number of fused-ring (bicyclic) bond motifs is 1. The Morgan fingerprint density at radius 3 is 2.48 bits per heavy atom. The number of rotatable bonds is 4. The van der Waals surface area contributed by atoms with Gasteiger partial charge in [-0.3, -0.25) is 0 Å². The molecular formula is C20H24N2O. The molecule has 3 nitrogen and oxygen atoms in total. The fourth-order valence-electron chi connectivity index (χ4n) is 3.83. The molecule has 0 N–H and O–H groups in total. The van der Waals surface area contributed by atoms with Gasteiger partial charge in [0, 0.05) is 0 Å². The Labute approximate surface area is 138 Å². The first-order valence-corrected chi connectivity index (χ1v) is 8.15. The van der Waals surface area contributed by atoms with Crippen molar-refractivity contribution in [2.75, 3.05) is 13.7 Å². The monoisotopic (exact) mass is 308 g/mol. The van der Waals surface area contributed by atoms with E-state index >= 15 is 0 Å². The Kier molecular flexibility index (Phi) is 4.20. The van der Waals surface area contributed by atoms with Gasteiger partial charge < -0.3 is 4.74 Å². The van der Waals surface area contributed by atoms with Crippen molar-refractivity contribution >= 4 is 5.69 Å². The molecule has 0 bridgehead atoms. The van der Waals surface area contributed by atoms with Crippen LogP contribution in [0.3, 0.4) is 0 Å². The number of methoxy groups -OCH3 is 1. The van der Waals surface area contributed by atoms with Gasteiger partial charge in [0.05, 0.1) is 13.7 Å². The standard InChI is InChI=1S/C20H24N2O/c1-14-15-9-5-6-10-16(15)20(2,3)17(14)13-21-22-18-11-7-8-12-19(18)23-4/h5-12,14,17H,13H2,1-4H3/t14-,17-/m1/s1. The molecule has 0 aliphatic heterocycles. The summed E-state index contributed by atoms with van der Waals surface area (Å²) < 4.78 is 5.33. The zero-order chi connectivity index (χ0) is 16.4. The van der Waals surface area contributed by atoms with E-state index in [2.05, 4.69) is 55.3 Å². The van der Waals surface area contributed by atoms with Gasteiger partial charge in [0.1, 0.15) is 11.4 Å². The second kappa shape index (κ2) is 6.15. The van der Waals surface area contributed by atoms with Crippen molar-refractivity contribution in [2.24, 2.45) is 16.1 Å². The van der Waals surface area contributed by atoms with Crippen LogP contribution >= 0.6 is 0 Å². The van der Waals surface area contributed by atoms with Crippen LogP contribution in [-0.4, -0.2) is 13.7 Å². The van der Waals surface area contributed by atoms with Crippen LogP contribution in [0.2, 0.25) is 0 Å². The van der Waals surface area contributed by atoms with Gasteiger partial charge >= 0.3 is 0 Å². The van der Waals surface area contributed by atoms with Gasteiger partial charge in [-0.1, -0.05) is 57.2 Å². The van der Waals surface area contributed by atoms with Crippen molar-refractivity contribution in [2.45, 2.75) is 32.1 Å². The highest BCUT2D eigenvalue weighted by Crippen LogP contribution is 2.50. The minimum Gasteiger partial charge on any atom is -0.494 e. The quantitative estimate of drug-likeness (QED) is 0.688. The first-order chi connectivity index (χ1) is 11.1. The van der Waals surface area contributed by atoms with Crippen molar-refractivity contribution in [3.63, 3.8) is 0 Å². The van der Waals surface area contributed by atoms with E-state index in [1.807, 2.05) is 24.3 Å². The van der Waals surface area contributed by atoms with Crippen molar-refractivity contribution in [1.29, 1.82) is 0 Å². The first-order valence-electron chi connectivity index (χ1n) is 8.15. The van der Waals surface area contributed by atoms with E-state index in [-0.39, 0.29) is 5.41 Å². The van der Waals surface area contributed by atoms with Crippen LogP contribution in [-0.2, 0) is 5.41 Å². The van der Waals surface area contributed by atoms with Gasteiger partial charge in [0.2, 0.25) is 0 Å². The van der Waals surface area contributed by atoms with Crippen molar-refractivity contribution in [3.05, 3.63) is 59.7 Å². The Bertz CT molecular complexity index is 721. The van der Waals surface area contributed by atoms with Gasteiger partial charge in [0.25, 0.3) is 0 Å². The maximum Gasteiger partial charge on any atom is 0.146 e. The van der Waals surface area contributed by atoms with Crippen LogP contribution in [0.25, 0.3) is 0 Å². The number of nitrogens with zero attached hydrogens (tertiary/aromatic N) is 2. The molecule has 0 radical (unpaired) electrons. The van der Waals surface area contributed by atoms with Crippen LogP contribution in [0.4, 0.5) is 5.69 Å². The molecule has 0 amide bonds. The lowest BCUT2D eigenvalue weighted by Gasteiger charge is -2.28. The molecule has 23 heavy (non-hydrogen) atoms. The van der Waals surface area contributed by atoms with Crippen LogP contribution in [0.1, 0.15) is 37.8 Å². The Morgan fingerprint density at radius 2 is 1.74 bits per heavy atom. The predicted molar refractivity (Wildman–Crippen MR) is 93.8 cm³/mol. The van der Waals surface area contributed by atoms with Gasteiger partial charge in [-0.15, -0.1) is 0 Å². The van der Waals surface area contributed by atoms with E-state index in [1.165, 1.54) is 11.1 Å². The molecule has 0 heterocycles. The predicted octanol–water partition coefficient (Wildman–Crippen LogP) is 5.49. The van der Waals surface area contributed by atoms with Gasteiger partial charge in [-0.2, -0.15) is 10.2 Å². The fraction of sp³-hybridized carbons (Fsp3) is 0.400. The molecular weight excluding hydrogens is 284 g/mol. The second-order valence-corrected chi connectivity index (χ2v) is 6.80. The van der Waals surface area contributed by atoms with E-state index in [0.717, 1.165) is 18.0 Å². The average molecular weight is 308 g/mol. The fourth-order valence-corrected chi connectivity index (χ4v) is 3.83. The Balaban J connectivity index is 1.80. The van der Waals surface area contributed by atoms with Gasteiger partial charge in [-0.05, 0) is 40.5 Å². The van der Waals surface area contributed by atoms with Crippen molar-refractivity contribution < 1.29 is 4.74 Å². The second-order valence-electron chi connectivity index (χ2n) is 6.80. The molecule has 0 saturated heterocycles. The summed E-state index contributed by atoms with van der Waals surface area (Å²) in [5.74, 6) is 1.72. The average Bonchev–Trinajstić information content (AvgIpc) is 2.76. The van der Waals surface area contributed by atoms with Crippen LogP contribution in [0, 0.1) is 5.92 Å². The molecule has 120 valence electrons. The third kappa shape index (κ3) is 2.76. The normalized spacial score (nSPS) is 22.3. The first kappa shape index (κ1) is 15.7. The molecule has 3 heteroatoms. The minimum atomic E-state index is 0.121. The molecule has 2 atom stereocenters. The molecule has 0 spiro atoms. The maximum absolute atomic E-state index is 5.33. The van der Waals surface area contributed by atoms with E-state index < -0.39 is 0 Å². The van der Waals surface area contributed by atoms with Gasteiger partial charge in [-0.25, -0.2) is 0 Å². The van der Waals surface area contributed by atoms with E-state index in [9.17, 15) is 0 Å². The third-order valence-electron chi connectivity index (χ3n) is 5.22. The van der Waals surface area contributed by atoms with E-state index in [0.29, 0.717) is 11.8 Å².